The van der Waals surface area contributed by atoms with E-state index in [1.165, 1.54) is 0 Å². The molecule has 0 radical (unpaired) electrons. The summed E-state index contributed by atoms with van der Waals surface area (Å²) in [5.41, 5.74) is 16.7. The van der Waals surface area contributed by atoms with Crippen molar-refractivity contribution in [2.75, 3.05) is 19.8 Å². The average molecular weight is 279 g/mol. The van der Waals surface area contributed by atoms with Crippen LogP contribution in [0.2, 0.25) is 6.04 Å². The summed E-state index contributed by atoms with van der Waals surface area (Å²) in [7, 11) is -2.67. The third kappa shape index (κ3) is 7.42. The van der Waals surface area contributed by atoms with Gasteiger partial charge in [0.1, 0.15) is 0 Å². The molecule has 0 aromatic rings. The first-order chi connectivity index (χ1) is 8.49. The van der Waals surface area contributed by atoms with Gasteiger partial charge in [-0.2, -0.15) is 0 Å². The molecular formula is C11H29N3O3Si. The van der Waals surface area contributed by atoms with Gasteiger partial charge < -0.3 is 30.5 Å². The van der Waals surface area contributed by atoms with Gasteiger partial charge in [-0.15, -0.1) is 0 Å². The van der Waals surface area contributed by atoms with E-state index in [2.05, 4.69) is 0 Å². The van der Waals surface area contributed by atoms with Gasteiger partial charge in [0.2, 0.25) is 0 Å². The van der Waals surface area contributed by atoms with Crippen LogP contribution in [0.1, 0.15) is 33.6 Å². The van der Waals surface area contributed by atoms with Crippen LogP contribution in [0.3, 0.4) is 0 Å². The fraction of sp³-hybridized carbons (Fsp3) is 1.00. The van der Waals surface area contributed by atoms with Gasteiger partial charge in [-0.25, -0.2) is 0 Å². The van der Waals surface area contributed by atoms with Crippen molar-refractivity contribution in [2.24, 2.45) is 17.2 Å². The molecule has 110 valence electrons. The second-order valence-electron chi connectivity index (χ2n) is 4.26. The van der Waals surface area contributed by atoms with Crippen molar-refractivity contribution in [3.63, 3.8) is 0 Å². The third-order valence-electron chi connectivity index (χ3n) is 2.47. The molecule has 1 atom stereocenters. The maximum atomic E-state index is 6.01. The molecule has 0 bridgehead atoms. The predicted octanol–water partition coefficient (Wildman–Crippen LogP) is 0.386. The zero-order valence-corrected chi connectivity index (χ0v) is 12.9. The zero-order valence-electron chi connectivity index (χ0n) is 11.9. The van der Waals surface area contributed by atoms with Crippen LogP contribution in [0.25, 0.3) is 0 Å². The highest BCUT2D eigenvalue weighted by molar-refractivity contribution is 6.60. The molecule has 0 heterocycles. The largest absolute Gasteiger partial charge is 0.501 e. The Kier molecular flexibility index (Phi) is 9.84. The summed E-state index contributed by atoms with van der Waals surface area (Å²) in [5.74, 6) is 0. The van der Waals surface area contributed by atoms with Crippen molar-refractivity contribution in [2.45, 2.75) is 51.9 Å². The molecule has 0 aliphatic carbocycles. The second kappa shape index (κ2) is 9.85. The molecule has 6 N–H and O–H groups in total. The predicted molar refractivity (Wildman–Crippen MR) is 74.8 cm³/mol. The van der Waals surface area contributed by atoms with Crippen LogP contribution in [0, 0.1) is 0 Å². The molecule has 0 spiro atoms. The van der Waals surface area contributed by atoms with Crippen molar-refractivity contribution >= 4 is 8.80 Å². The lowest BCUT2D eigenvalue weighted by atomic mass is 10.3. The molecule has 6 nitrogen and oxygen atoms in total. The normalized spacial score (nSPS) is 14.2. The van der Waals surface area contributed by atoms with E-state index >= 15 is 0 Å². The minimum Gasteiger partial charge on any atom is -0.374 e. The number of nitrogens with two attached hydrogens (primary N) is 3. The maximum Gasteiger partial charge on any atom is 0.501 e. The lowest BCUT2D eigenvalue weighted by molar-refractivity contribution is 0.0357. The van der Waals surface area contributed by atoms with Gasteiger partial charge in [0.05, 0.1) is 6.17 Å². The summed E-state index contributed by atoms with van der Waals surface area (Å²) in [4.78, 5) is 0. The number of hydrogen-bond acceptors (Lipinski definition) is 6. The van der Waals surface area contributed by atoms with Crippen LogP contribution in [0.15, 0.2) is 0 Å². The highest BCUT2D eigenvalue weighted by atomic mass is 28.4. The van der Waals surface area contributed by atoms with E-state index in [0.717, 1.165) is 6.42 Å². The zero-order chi connectivity index (χ0) is 14.0. The van der Waals surface area contributed by atoms with Gasteiger partial charge in [-0.05, 0) is 40.2 Å². The molecule has 0 aromatic heterocycles. The van der Waals surface area contributed by atoms with Crippen LogP contribution in [0.5, 0.6) is 0 Å². The maximum absolute atomic E-state index is 6.01. The summed E-state index contributed by atoms with van der Waals surface area (Å²) in [6.45, 7) is 7.54. The highest BCUT2D eigenvalue weighted by Gasteiger charge is 2.41. The summed E-state index contributed by atoms with van der Waals surface area (Å²) in [6.07, 6.45) is 1.06. The molecule has 0 saturated heterocycles. The van der Waals surface area contributed by atoms with Gasteiger partial charge in [-0.3, -0.25) is 0 Å². The average Bonchev–Trinajstić information content (AvgIpc) is 2.27. The molecule has 0 saturated carbocycles. The van der Waals surface area contributed by atoms with E-state index < -0.39 is 8.80 Å². The Labute approximate surface area is 111 Å². The Morgan fingerprint density at radius 2 is 1.61 bits per heavy atom. The van der Waals surface area contributed by atoms with Crippen LogP contribution in [-0.4, -0.2) is 40.8 Å². The number of rotatable bonds is 11. The van der Waals surface area contributed by atoms with Crippen LogP contribution in [0.4, 0.5) is 0 Å². The smallest absolute Gasteiger partial charge is 0.374 e. The fourth-order valence-electron chi connectivity index (χ4n) is 1.70. The number of hydrogen-bond donors (Lipinski definition) is 3. The lowest BCUT2D eigenvalue weighted by Crippen LogP contribution is -2.49. The molecule has 18 heavy (non-hydrogen) atoms. The summed E-state index contributed by atoms with van der Waals surface area (Å²) in [6, 6.07) is 0.640. The van der Waals surface area contributed by atoms with Gasteiger partial charge in [0.25, 0.3) is 0 Å². The topological polar surface area (TPSA) is 106 Å². The minimum absolute atomic E-state index is 0.0220. The standard InChI is InChI=1S/C11H29N3O3Si/c1-4-15-18(16-5-2,9-7-11(13)14)17-10(3)6-8-12/h10-11H,4-9,12-14H2,1-3H3. The van der Waals surface area contributed by atoms with E-state index in [9.17, 15) is 0 Å². The van der Waals surface area contributed by atoms with Gasteiger partial charge in [0.15, 0.2) is 0 Å². The first-order valence-corrected chi connectivity index (χ1v) is 8.59. The van der Waals surface area contributed by atoms with Crippen LogP contribution in [-0.2, 0) is 13.3 Å². The van der Waals surface area contributed by atoms with Gasteiger partial charge >= 0.3 is 8.80 Å². The molecule has 0 aliphatic heterocycles. The Morgan fingerprint density at radius 1 is 1.06 bits per heavy atom. The first kappa shape index (κ1) is 18.0. The molecular weight excluding hydrogens is 250 g/mol. The molecule has 0 aliphatic rings. The van der Waals surface area contributed by atoms with Crippen molar-refractivity contribution in [1.29, 1.82) is 0 Å². The quantitative estimate of drug-likeness (QED) is 0.373. The van der Waals surface area contributed by atoms with Crippen molar-refractivity contribution < 1.29 is 13.3 Å². The van der Waals surface area contributed by atoms with E-state index in [1.807, 2.05) is 20.8 Å². The Balaban J connectivity index is 4.60. The van der Waals surface area contributed by atoms with Crippen molar-refractivity contribution in [1.82, 2.24) is 0 Å². The third-order valence-corrected chi connectivity index (χ3v) is 5.59. The van der Waals surface area contributed by atoms with Crippen molar-refractivity contribution in [3.05, 3.63) is 0 Å². The van der Waals surface area contributed by atoms with Crippen LogP contribution >= 0.6 is 0 Å². The molecule has 0 rings (SSSR count). The Hall–Kier alpha value is -0.0231. The van der Waals surface area contributed by atoms with Crippen LogP contribution < -0.4 is 17.2 Å². The molecule has 0 fully saturated rings. The minimum atomic E-state index is -2.67. The van der Waals surface area contributed by atoms with Gasteiger partial charge in [0, 0.05) is 25.4 Å². The Morgan fingerprint density at radius 3 is 2.00 bits per heavy atom. The fourth-order valence-corrected chi connectivity index (χ4v) is 4.62. The summed E-state index contributed by atoms with van der Waals surface area (Å²) < 4.78 is 17.6. The SMILES string of the molecule is CCO[Si](CCC(N)N)(OCC)OC(C)CCN. The molecule has 1 unspecified atom stereocenters. The summed E-state index contributed by atoms with van der Waals surface area (Å²) in [5, 5.41) is 0. The Bertz CT molecular complexity index is 202. The first-order valence-electron chi connectivity index (χ1n) is 6.66. The summed E-state index contributed by atoms with van der Waals surface area (Å²) >= 11 is 0. The van der Waals surface area contributed by atoms with E-state index in [-0.39, 0.29) is 12.3 Å². The molecule has 0 aromatic carbocycles. The second-order valence-corrected chi connectivity index (χ2v) is 6.94. The highest BCUT2D eigenvalue weighted by Crippen LogP contribution is 2.21. The lowest BCUT2D eigenvalue weighted by Gasteiger charge is -2.32. The monoisotopic (exact) mass is 279 g/mol. The molecule has 0 amide bonds. The van der Waals surface area contributed by atoms with E-state index in [0.29, 0.717) is 32.2 Å². The van der Waals surface area contributed by atoms with E-state index in [4.69, 9.17) is 30.5 Å². The van der Waals surface area contributed by atoms with E-state index in [1.54, 1.807) is 0 Å². The molecule has 7 heteroatoms. The van der Waals surface area contributed by atoms with Crippen molar-refractivity contribution in [3.8, 4) is 0 Å². The van der Waals surface area contributed by atoms with Gasteiger partial charge in [-0.1, -0.05) is 0 Å².